The van der Waals surface area contributed by atoms with Gasteiger partial charge in [-0.15, -0.1) is 5.92 Å². The van der Waals surface area contributed by atoms with Crippen molar-refractivity contribution >= 4 is 23.0 Å². The molecular weight excluding hydrogens is 362 g/mol. The molecule has 0 aromatic heterocycles. The summed E-state index contributed by atoms with van der Waals surface area (Å²) < 4.78 is 0. The summed E-state index contributed by atoms with van der Waals surface area (Å²) in [4.78, 5) is 24.5. The number of carbonyl (C=O) groups excluding carboxylic acids is 1. The van der Waals surface area contributed by atoms with Crippen molar-refractivity contribution in [3.63, 3.8) is 0 Å². The lowest BCUT2D eigenvalue weighted by Crippen LogP contribution is -2.42. The standard InChI is InChI=1S/C21H27NO4S/c23-19(16-17-8-4-3-5-9-17)12-11-18-13-15-27-21(26)22(18)14-7-2-1-6-10-20(24)25/h3-5,8-9,18-19,23H,1,6,10-16H2,(H,24,25)/t18-,19?/m0/s1. The molecule has 5 nitrogen and oxygen atoms in total. The maximum absolute atomic E-state index is 12.2. The highest BCUT2D eigenvalue weighted by atomic mass is 32.2. The number of carboxylic acid groups (broad SMARTS) is 1. The maximum atomic E-state index is 12.2. The largest absolute Gasteiger partial charge is 0.481 e. The molecule has 27 heavy (non-hydrogen) atoms. The van der Waals surface area contributed by atoms with Crippen molar-refractivity contribution in [2.24, 2.45) is 0 Å². The predicted molar refractivity (Wildman–Crippen MR) is 108 cm³/mol. The first-order valence-electron chi connectivity index (χ1n) is 9.39. The van der Waals surface area contributed by atoms with Crippen molar-refractivity contribution in [1.82, 2.24) is 4.90 Å². The Morgan fingerprint density at radius 1 is 1.30 bits per heavy atom. The molecule has 146 valence electrons. The molecule has 0 radical (unpaired) electrons. The van der Waals surface area contributed by atoms with Gasteiger partial charge < -0.3 is 15.1 Å². The van der Waals surface area contributed by atoms with Crippen molar-refractivity contribution in [2.45, 2.75) is 57.1 Å². The van der Waals surface area contributed by atoms with Crippen LogP contribution in [0.2, 0.25) is 0 Å². The predicted octanol–water partition coefficient (Wildman–Crippen LogP) is 3.56. The molecule has 0 aliphatic carbocycles. The van der Waals surface area contributed by atoms with E-state index in [4.69, 9.17) is 5.11 Å². The van der Waals surface area contributed by atoms with Crippen LogP contribution in [-0.4, -0.2) is 50.8 Å². The van der Waals surface area contributed by atoms with Gasteiger partial charge in [-0.2, -0.15) is 0 Å². The lowest BCUT2D eigenvalue weighted by Gasteiger charge is -2.34. The van der Waals surface area contributed by atoms with Crippen LogP contribution in [0.3, 0.4) is 0 Å². The average Bonchev–Trinajstić information content (AvgIpc) is 2.65. The molecule has 1 amide bonds. The molecule has 1 saturated heterocycles. The fourth-order valence-corrected chi connectivity index (χ4v) is 4.04. The zero-order valence-corrected chi connectivity index (χ0v) is 16.3. The molecule has 6 heteroatoms. The smallest absolute Gasteiger partial charge is 0.303 e. The van der Waals surface area contributed by atoms with Gasteiger partial charge in [0.05, 0.1) is 12.6 Å². The zero-order valence-electron chi connectivity index (χ0n) is 15.5. The molecule has 1 unspecified atom stereocenters. The highest BCUT2D eigenvalue weighted by Crippen LogP contribution is 2.26. The van der Waals surface area contributed by atoms with Gasteiger partial charge in [0, 0.05) is 24.6 Å². The number of aliphatic hydroxyl groups excluding tert-OH is 1. The summed E-state index contributed by atoms with van der Waals surface area (Å²) >= 11 is 1.32. The van der Waals surface area contributed by atoms with Gasteiger partial charge in [0.1, 0.15) is 0 Å². The van der Waals surface area contributed by atoms with Gasteiger partial charge in [0.2, 0.25) is 0 Å². The van der Waals surface area contributed by atoms with Crippen LogP contribution >= 0.6 is 11.8 Å². The summed E-state index contributed by atoms with van der Waals surface area (Å²) in [7, 11) is 0. The zero-order chi connectivity index (χ0) is 19.5. The Morgan fingerprint density at radius 3 is 2.81 bits per heavy atom. The number of unbranched alkanes of at least 4 members (excludes halogenated alkanes) is 1. The highest BCUT2D eigenvalue weighted by Gasteiger charge is 2.28. The van der Waals surface area contributed by atoms with Crippen molar-refractivity contribution in [3.8, 4) is 11.8 Å². The SMILES string of the molecule is O=C(O)CCCC#CCN1C(=O)SCC[C@@H]1CCC(O)Cc1ccccc1. The molecule has 1 aromatic carbocycles. The van der Waals surface area contributed by atoms with Gasteiger partial charge in [-0.25, -0.2) is 0 Å². The number of benzene rings is 1. The summed E-state index contributed by atoms with van der Waals surface area (Å²) in [6.45, 7) is 0.373. The van der Waals surface area contributed by atoms with Gasteiger partial charge >= 0.3 is 5.97 Å². The minimum Gasteiger partial charge on any atom is -0.481 e. The molecule has 0 spiro atoms. The summed E-state index contributed by atoms with van der Waals surface area (Å²) in [5, 5.41) is 19.0. The monoisotopic (exact) mass is 389 g/mol. The number of carboxylic acids is 1. The number of rotatable bonds is 9. The van der Waals surface area contributed by atoms with Crippen LogP contribution in [0.25, 0.3) is 0 Å². The quantitative estimate of drug-likeness (QED) is 0.499. The lowest BCUT2D eigenvalue weighted by atomic mass is 9.99. The minimum atomic E-state index is -0.812. The van der Waals surface area contributed by atoms with Gasteiger partial charge in [0.25, 0.3) is 5.24 Å². The maximum Gasteiger partial charge on any atom is 0.303 e. The van der Waals surface area contributed by atoms with Crippen LogP contribution in [-0.2, 0) is 11.2 Å². The van der Waals surface area contributed by atoms with E-state index in [0.29, 0.717) is 32.2 Å². The number of carbonyl (C=O) groups is 2. The van der Waals surface area contributed by atoms with E-state index < -0.39 is 12.1 Å². The Morgan fingerprint density at radius 2 is 2.07 bits per heavy atom. The third-order valence-corrected chi connectivity index (χ3v) is 5.49. The van der Waals surface area contributed by atoms with Crippen molar-refractivity contribution in [1.29, 1.82) is 0 Å². The fraction of sp³-hybridized carbons (Fsp3) is 0.524. The van der Waals surface area contributed by atoms with E-state index in [2.05, 4.69) is 11.8 Å². The van der Waals surface area contributed by atoms with E-state index in [-0.39, 0.29) is 17.7 Å². The van der Waals surface area contributed by atoms with Crippen LogP contribution in [0.1, 0.15) is 44.1 Å². The van der Waals surface area contributed by atoms with Crippen LogP contribution in [0.5, 0.6) is 0 Å². The van der Waals surface area contributed by atoms with E-state index in [1.807, 2.05) is 30.3 Å². The first kappa shape index (κ1) is 21.3. The van der Waals surface area contributed by atoms with Crippen LogP contribution in [0.15, 0.2) is 30.3 Å². The number of nitrogens with zero attached hydrogens (tertiary/aromatic N) is 1. The van der Waals surface area contributed by atoms with Crippen molar-refractivity contribution in [3.05, 3.63) is 35.9 Å². The number of hydrogen-bond donors (Lipinski definition) is 2. The first-order chi connectivity index (χ1) is 13.1. The molecule has 1 aliphatic rings. The van der Waals surface area contributed by atoms with E-state index in [1.54, 1.807) is 4.90 Å². The van der Waals surface area contributed by atoms with Crippen LogP contribution < -0.4 is 0 Å². The average molecular weight is 390 g/mol. The minimum absolute atomic E-state index is 0.0450. The molecule has 2 rings (SSSR count). The molecule has 1 heterocycles. The van der Waals surface area contributed by atoms with Gasteiger partial charge in [-0.05, 0) is 37.7 Å². The number of thioether (sulfide) groups is 1. The van der Waals surface area contributed by atoms with Gasteiger partial charge in [0.15, 0.2) is 0 Å². The summed E-state index contributed by atoms with van der Waals surface area (Å²) in [5.41, 5.74) is 1.12. The van der Waals surface area contributed by atoms with Crippen molar-refractivity contribution < 1.29 is 19.8 Å². The summed E-state index contributed by atoms with van der Waals surface area (Å²) in [6, 6.07) is 10.0. The molecule has 0 saturated carbocycles. The normalized spacial score (nSPS) is 17.9. The third-order valence-electron chi connectivity index (χ3n) is 4.57. The Bertz CT molecular complexity index is 668. The second-order valence-electron chi connectivity index (χ2n) is 6.71. The Hall–Kier alpha value is -1.97. The Labute approximate surface area is 165 Å². The highest BCUT2D eigenvalue weighted by molar-refractivity contribution is 8.13. The summed E-state index contributed by atoms with van der Waals surface area (Å²) in [5.74, 6) is 5.96. The molecule has 1 aromatic rings. The van der Waals surface area contributed by atoms with E-state index in [1.165, 1.54) is 11.8 Å². The van der Waals surface area contributed by atoms with Gasteiger partial charge in [-0.3, -0.25) is 9.59 Å². The molecule has 2 N–H and O–H groups in total. The van der Waals surface area contributed by atoms with E-state index in [9.17, 15) is 14.7 Å². The first-order valence-corrected chi connectivity index (χ1v) is 10.4. The number of amides is 1. The topological polar surface area (TPSA) is 77.8 Å². The Kier molecular flexibility index (Phi) is 9.23. The van der Waals surface area contributed by atoms with Crippen LogP contribution in [0.4, 0.5) is 4.79 Å². The molecule has 2 atom stereocenters. The van der Waals surface area contributed by atoms with E-state index >= 15 is 0 Å². The number of aliphatic hydroxyl groups is 1. The number of aliphatic carboxylic acids is 1. The fourth-order valence-electron chi connectivity index (χ4n) is 3.09. The molecule has 0 bridgehead atoms. The Balaban J connectivity index is 1.79. The number of hydrogen-bond acceptors (Lipinski definition) is 4. The van der Waals surface area contributed by atoms with Crippen molar-refractivity contribution in [2.75, 3.05) is 12.3 Å². The molecular formula is C21H27NO4S. The third kappa shape index (κ3) is 8.06. The summed E-state index contributed by atoms with van der Waals surface area (Å²) in [6.07, 6.45) is 3.72. The second-order valence-corrected chi connectivity index (χ2v) is 7.75. The van der Waals surface area contributed by atoms with Crippen LogP contribution in [0, 0.1) is 11.8 Å². The molecule has 1 aliphatic heterocycles. The van der Waals surface area contributed by atoms with Gasteiger partial charge in [-0.1, -0.05) is 48.0 Å². The second kappa shape index (κ2) is 11.7. The molecule has 1 fully saturated rings. The lowest BCUT2D eigenvalue weighted by molar-refractivity contribution is -0.137. The van der Waals surface area contributed by atoms with E-state index in [0.717, 1.165) is 24.2 Å².